The number of rotatable bonds is 9. The molecule has 3 heteroatoms. The molecule has 11 aromatic carbocycles. The van der Waals surface area contributed by atoms with Gasteiger partial charge >= 0.3 is 0 Å². The molecule has 346 valence electrons. The van der Waals surface area contributed by atoms with Crippen molar-refractivity contribution >= 4 is 65.6 Å². The number of fused-ring (bicyclic) bond motifs is 9. The van der Waals surface area contributed by atoms with Crippen LogP contribution in [-0.2, 0) is 10.8 Å². The predicted octanol–water partition coefficient (Wildman–Crippen LogP) is 19.3. The van der Waals surface area contributed by atoms with Crippen LogP contribution in [0.1, 0.15) is 47.2 Å². The first-order valence-electron chi connectivity index (χ1n) is 25.3. The van der Waals surface area contributed by atoms with Gasteiger partial charge in [-0.3, -0.25) is 0 Å². The topological polar surface area (TPSA) is 6.48 Å². The molecule has 0 amide bonds. The summed E-state index contributed by atoms with van der Waals surface area (Å²) in [5, 5.41) is 2.53. The molecular formula is C70H50N2S. The Morgan fingerprint density at radius 2 is 0.849 bits per heavy atom. The standard InChI is InChI=1S/C70H50N2S/c1-69(2)62-38-20-35-55(47-22-6-3-7-23-47)67(62)58-43-42-54(46-63(58)69)72(64-39-21-41-66-68(64)59-34-14-17-40-65(59)73-66)53-31-19-30-52(45-53)71(50-27-10-5-11-28-50)51-29-18-26-49(44-51)70(48-24-8-4-9-25-48)60-36-15-12-32-56(60)57-33-13-16-37-61(57)70/h3-46H,1-2H3. The molecule has 0 spiro atoms. The van der Waals surface area contributed by atoms with E-state index < -0.39 is 5.41 Å². The average Bonchev–Trinajstić information content (AvgIpc) is 4.06. The minimum Gasteiger partial charge on any atom is -0.310 e. The third kappa shape index (κ3) is 6.62. The SMILES string of the molecule is CC1(C)c2cc(N(c3cccc(N(c4ccccc4)c4cccc(C5(c6ccccc6)c6ccccc6-c6ccccc65)c4)c3)c3cccc4sc5ccccc5c34)ccc2-c2c(-c3ccccc3)cccc21. The van der Waals surface area contributed by atoms with Gasteiger partial charge in [-0.1, -0.05) is 208 Å². The van der Waals surface area contributed by atoms with Crippen LogP contribution in [0.5, 0.6) is 0 Å². The lowest BCUT2D eigenvalue weighted by Crippen LogP contribution is -2.28. The van der Waals surface area contributed by atoms with Crippen molar-refractivity contribution < 1.29 is 0 Å². The molecule has 0 fully saturated rings. The van der Waals surface area contributed by atoms with Crippen molar-refractivity contribution in [3.05, 3.63) is 300 Å². The van der Waals surface area contributed by atoms with Crippen LogP contribution in [0.4, 0.5) is 34.1 Å². The smallest absolute Gasteiger partial charge is 0.0714 e. The summed E-state index contributed by atoms with van der Waals surface area (Å²) in [7, 11) is 0. The normalized spacial score (nSPS) is 13.6. The quantitative estimate of drug-likeness (QED) is 0.142. The van der Waals surface area contributed by atoms with Crippen LogP contribution in [0, 0.1) is 0 Å². The summed E-state index contributed by atoms with van der Waals surface area (Å²) in [5.41, 5.74) is 21.3. The van der Waals surface area contributed by atoms with Crippen molar-refractivity contribution in [3.8, 4) is 33.4 Å². The van der Waals surface area contributed by atoms with Crippen LogP contribution in [0.25, 0.3) is 53.6 Å². The minimum atomic E-state index is -0.531. The van der Waals surface area contributed by atoms with Gasteiger partial charge in [0.2, 0.25) is 0 Å². The van der Waals surface area contributed by atoms with Crippen molar-refractivity contribution in [3.63, 3.8) is 0 Å². The molecule has 0 atom stereocenters. The van der Waals surface area contributed by atoms with E-state index in [1.54, 1.807) is 0 Å². The maximum atomic E-state index is 2.51. The summed E-state index contributed by atoms with van der Waals surface area (Å²) in [6.07, 6.45) is 0. The largest absolute Gasteiger partial charge is 0.310 e. The lowest BCUT2D eigenvalue weighted by Gasteiger charge is -2.35. The fourth-order valence-corrected chi connectivity index (χ4v) is 13.7. The van der Waals surface area contributed by atoms with Gasteiger partial charge in [0.1, 0.15) is 0 Å². The summed E-state index contributed by atoms with van der Waals surface area (Å²) >= 11 is 1.86. The molecule has 2 aliphatic carbocycles. The Labute approximate surface area is 431 Å². The van der Waals surface area contributed by atoms with Crippen LogP contribution < -0.4 is 9.80 Å². The van der Waals surface area contributed by atoms with E-state index in [1.165, 1.54) is 86.9 Å². The van der Waals surface area contributed by atoms with Crippen LogP contribution in [-0.4, -0.2) is 0 Å². The van der Waals surface area contributed by atoms with E-state index in [9.17, 15) is 0 Å². The van der Waals surface area contributed by atoms with E-state index in [0.717, 1.165) is 34.1 Å². The zero-order valence-corrected chi connectivity index (χ0v) is 41.5. The van der Waals surface area contributed by atoms with Gasteiger partial charge in [-0.25, -0.2) is 0 Å². The van der Waals surface area contributed by atoms with Crippen molar-refractivity contribution in [2.75, 3.05) is 9.80 Å². The molecule has 1 heterocycles. The van der Waals surface area contributed by atoms with Gasteiger partial charge in [0.05, 0.1) is 11.1 Å². The summed E-state index contributed by atoms with van der Waals surface area (Å²) in [4.78, 5) is 4.95. The molecule has 0 aliphatic heterocycles. The molecule has 0 saturated heterocycles. The van der Waals surface area contributed by atoms with Gasteiger partial charge in [0.25, 0.3) is 0 Å². The third-order valence-electron chi connectivity index (χ3n) is 15.7. The zero-order chi connectivity index (χ0) is 48.7. The van der Waals surface area contributed by atoms with Gasteiger partial charge in [-0.05, 0) is 140 Å². The van der Waals surface area contributed by atoms with Gasteiger partial charge in [-0.2, -0.15) is 0 Å². The summed E-state index contributed by atoms with van der Waals surface area (Å²) in [5.74, 6) is 0. The number of para-hydroxylation sites is 1. The molecule has 12 aromatic rings. The van der Waals surface area contributed by atoms with E-state index in [4.69, 9.17) is 0 Å². The third-order valence-corrected chi connectivity index (χ3v) is 16.8. The number of benzene rings is 11. The zero-order valence-electron chi connectivity index (χ0n) is 40.7. The van der Waals surface area contributed by atoms with Gasteiger partial charge in [0.15, 0.2) is 0 Å². The summed E-state index contributed by atoms with van der Waals surface area (Å²) in [6, 6.07) is 99.0. The van der Waals surface area contributed by atoms with Gasteiger partial charge in [-0.15, -0.1) is 11.3 Å². The van der Waals surface area contributed by atoms with Crippen LogP contribution in [0.15, 0.2) is 267 Å². The Hall–Kier alpha value is -8.76. The van der Waals surface area contributed by atoms with E-state index >= 15 is 0 Å². The number of nitrogens with zero attached hydrogens (tertiary/aromatic N) is 2. The summed E-state index contributed by atoms with van der Waals surface area (Å²) < 4.78 is 2.56. The maximum absolute atomic E-state index is 2.51. The Balaban J connectivity index is 0.974. The molecule has 0 saturated carbocycles. The Morgan fingerprint density at radius 3 is 1.60 bits per heavy atom. The number of anilines is 6. The Kier molecular flexibility index (Phi) is 10.00. The molecule has 14 rings (SSSR count). The molecule has 0 unspecified atom stereocenters. The molecule has 0 radical (unpaired) electrons. The Bertz CT molecular complexity index is 4030. The molecule has 0 N–H and O–H groups in total. The molecule has 0 bridgehead atoms. The van der Waals surface area contributed by atoms with E-state index in [0.29, 0.717) is 0 Å². The van der Waals surface area contributed by atoms with E-state index in [2.05, 4.69) is 291 Å². The number of hydrogen-bond donors (Lipinski definition) is 0. The van der Waals surface area contributed by atoms with Crippen LogP contribution in [0.3, 0.4) is 0 Å². The summed E-state index contributed by atoms with van der Waals surface area (Å²) in [6.45, 7) is 4.79. The average molecular weight is 951 g/mol. The number of hydrogen-bond acceptors (Lipinski definition) is 3. The minimum absolute atomic E-state index is 0.230. The van der Waals surface area contributed by atoms with Crippen molar-refractivity contribution in [2.24, 2.45) is 0 Å². The highest BCUT2D eigenvalue weighted by molar-refractivity contribution is 7.26. The molecule has 2 nitrogen and oxygen atoms in total. The maximum Gasteiger partial charge on any atom is 0.0714 e. The molecular weight excluding hydrogens is 901 g/mol. The van der Waals surface area contributed by atoms with Crippen LogP contribution in [0.2, 0.25) is 0 Å². The monoisotopic (exact) mass is 950 g/mol. The van der Waals surface area contributed by atoms with E-state index in [-0.39, 0.29) is 5.41 Å². The van der Waals surface area contributed by atoms with Crippen molar-refractivity contribution in [2.45, 2.75) is 24.7 Å². The highest BCUT2D eigenvalue weighted by atomic mass is 32.1. The lowest BCUT2D eigenvalue weighted by molar-refractivity contribution is 0.660. The first-order valence-corrected chi connectivity index (χ1v) is 26.1. The van der Waals surface area contributed by atoms with Crippen LogP contribution >= 0.6 is 11.3 Å². The van der Waals surface area contributed by atoms with Crippen molar-refractivity contribution in [1.82, 2.24) is 0 Å². The van der Waals surface area contributed by atoms with Gasteiger partial charge < -0.3 is 9.80 Å². The lowest BCUT2D eigenvalue weighted by atomic mass is 9.67. The highest BCUT2D eigenvalue weighted by Gasteiger charge is 2.46. The first-order chi connectivity index (χ1) is 36.0. The second-order valence-corrected chi connectivity index (χ2v) is 21.1. The fraction of sp³-hybridized carbons (Fsp3) is 0.0571. The Morgan fingerprint density at radius 1 is 0.329 bits per heavy atom. The fourth-order valence-electron chi connectivity index (χ4n) is 12.5. The predicted molar refractivity (Wildman–Crippen MR) is 309 cm³/mol. The number of thiophene rings is 1. The molecule has 73 heavy (non-hydrogen) atoms. The highest BCUT2D eigenvalue weighted by Crippen LogP contribution is 2.58. The van der Waals surface area contributed by atoms with E-state index in [1.807, 2.05) is 11.3 Å². The second kappa shape index (κ2) is 16.9. The van der Waals surface area contributed by atoms with Gasteiger partial charge in [0, 0.05) is 54.0 Å². The molecule has 2 aliphatic rings. The van der Waals surface area contributed by atoms with Crippen molar-refractivity contribution in [1.29, 1.82) is 0 Å². The first kappa shape index (κ1) is 43.1. The second-order valence-electron chi connectivity index (χ2n) is 20.0. The molecule has 1 aromatic heterocycles.